The maximum Gasteiger partial charge on any atom is 0.267 e. The zero-order valence-electron chi connectivity index (χ0n) is 13.3. The number of hydrazine groups is 1. The zero-order valence-corrected chi connectivity index (χ0v) is 19.4. The number of amides is 1. The molecule has 1 saturated heterocycles. The minimum atomic E-state index is -0.783. The number of aliphatic imine (C=N–C) groups is 1. The number of nitrogens with zero attached hydrogens (tertiary/aromatic N) is 2. The number of carbonyl (C=O) groups excluding carboxylic acids is 1. The van der Waals surface area contributed by atoms with E-state index in [2.05, 4.69) is 26.3 Å². The number of nitrogens with one attached hydrogen (secondary N) is 1. The molecule has 0 spiro atoms. The molecular weight excluding hydrogens is 543 g/mol. The van der Waals surface area contributed by atoms with Crippen LogP contribution in [0.3, 0.4) is 0 Å². The molecule has 3 rings (SSSR count). The molecule has 1 atom stereocenters. The van der Waals surface area contributed by atoms with E-state index in [1.54, 1.807) is 12.1 Å². The molecule has 2 aromatic carbocycles. The quantitative estimate of drug-likeness (QED) is 0.243. The van der Waals surface area contributed by atoms with Gasteiger partial charge < -0.3 is 0 Å². The predicted molar refractivity (Wildman–Crippen MR) is 118 cm³/mol. The number of benzene rings is 2. The van der Waals surface area contributed by atoms with Crippen LogP contribution in [-0.4, -0.2) is 16.6 Å². The van der Waals surface area contributed by atoms with Crippen LogP contribution in [0.2, 0.25) is 30.1 Å². The summed E-state index contributed by atoms with van der Waals surface area (Å²) in [6, 6.07) is 5.37. The van der Waals surface area contributed by atoms with Gasteiger partial charge in [-0.15, -0.1) is 0 Å². The Hall–Kier alpha value is -0.400. The Morgan fingerprint density at radius 1 is 1.00 bits per heavy atom. The smallest absolute Gasteiger partial charge is 0.267 e. The Bertz CT molecular complexity index is 968. The van der Waals surface area contributed by atoms with Crippen LogP contribution in [-0.2, 0) is 4.79 Å². The summed E-state index contributed by atoms with van der Waals surface area (Å²) in [4.78, 5) is 16.4. The highest BCUT2D eigenvalue weighted by atomic mass is 79.9. The first-order valence-corrected chi connectivity index (χ1v) is 10.4. The number of aryl methyl sites for hydroxylation is 1. The molecule has 142 valence electrons. The lowest BCUT2D eigenvalue weighted by Gasteiger charge is -2.21. The molecule has 1 heterocycles. The summed E-state index contributed by atoms with van der Waals surface area (Å²) in [6.07, 6.45) is 0. The van der Waals surface area contributed by atoms with E-state index < -0.39 is 10.7 Å². The molecule has 1 aliphatic heterocycles. The van der Waals surface area contributed by atoms with Crippen LogP contribution in [0.1, 0.15) is 5.56 Å². The lowest BCUT2D eigenvalue weighted by Crippen LogP contribution is -2.36. The maximum absolute atomic E-state index is 12.7. The van der Waals surface area contributed by atoms with Gasteiger partial charge >= 0.3 is 0 Å². The van der Waals surface area contributed by atoms with E-state index in [9.17, 15) is 4.79 Å². The molecule has 0 bridgehead atoms. The molecule has 1 aliphatic rings. The third kappa shape index (κ3) is 3.88. The fraction of sp³-hybridized carbons (Fsp3) is 0.125. The molecule has 1 N–H and O–H groups in total. The van der Waals surface area contributed by atoms with Crippen molar-refractivity contribution < 1.29 is 4.79 Å². The van der Waals surface area contributed by atoms with Crippen LogP contribution in [0, 0.1) is 6.92 Å². The van der Waals surface area contributed by atoms with Crippen molar-refractivity contribution >= 4 is 109 Å². The van der Waals surface area contributed by atoms with Crippen molar-refractivity contribution in [2.45, 2.75) is 11.8 Å². The van der Waals surface area contributed by atoms with Crippen molar-refractivity contribution in [1.82, 2.24) is 5.43 Å². The lowest BCUT2D eigenvalue weighted by molar-refractivity contribution is -0.116. The summed E-state index contributed by atoms with van der Waals surface area (Å²) in [7, 11) is 0. The first-order valence-electron chi connectivity index (χ1n) is 7.24. The third-order valence-corrected chi connectivity index (χ3v) is 7.06. The molecule has 0 aliphatic carbocycles. The number of rotatable bonds is 2. The number of anilines is 1. The monoisotopic (exact) mass is 547 g/mol. The first kappa shape index (κ1) is 21.3. The van der Waals surface area contributed by atoms with E-state index in [1.807, 2.05) is 13.0 Å². The number of halogens is 7. The van der Waals surface area contributed by atoms with Crippen LogP contribution >= 0.6 is 85.5 Å². The molecule has 0 aromatic heterocycles. The van der Waals surface area contributed by atoms with Crippen molar-refractivity contribution in [3.8, 4) is 0 Å². The average molecular weight is 551 g/mol. The van der Waals surface area contributed by atoms with Gasteiger partial charge in [-0.25, -0.2) is 10.0 Å². The normalized spacial score (nSPS) is 18.4. The van der Waals surface area contributed by atoms with Crippen LogP contribution in [0.5, 0.6) is 0 Å². The Balaban J connectivity index is 2.08. The molecule has 1 unspecified atom stereocenters. The van der Waals surface area contributed by atoms with Gasteiger partial charge in [-0.3, -0.25) is 10.2 Å². The summed E-state index contributed by atoms with van der Waals surface area (Å²) in [5, 5.41) is 1.47. The predicted octanol–water partition coefficient (Wildman–Crippen LogP) is 7.26. The fourth-order valence-corrected chi connectivity index (χ4v) is 4.20. The highest BCUT2D eigenvalue weighted by Gasteiger charge is 2.39. The SMILES string of the molecule is Cc1ccc(Cl)c(N=C2NN(c3c(Cl)c(Cl)c(Cl)c(Cl)c3Cl)C(=O)C2Br)c1. The molecule has 1 fully saturated rings. The average Bonchev–Trinajstić information content (AvgIpc) is 2.90. The van der Waals surface area contributed by atoms with Crippen molar-refractivity contribution in [2.24, 2.45) is 4.99 Å². The second-order valence-electron chi connectivity index (χ2n) is 5.52. The molecule has 11 heteroatoms. The Labute approximate surface area is 193 Å². The van der Waals surface area contributed by atoms with E-state index in [0.717, 1.165) is 10.6 Å². The highest BCUT2D eigenvalue weighted by Crippen LogP contribution is 2.48. The molecule has 4 nitrogen and oxygen atoms in total. The molecule has 0 saturated carbocycles. The van der Waals surface area contributed by atoms with Gasteiger partial charge in [0.15, 0.2) is 4.83 Å². The highest BCUT2D eigenvalue weighted by molar-refractivity contribution is 9.10. The van der Waals surface area contributed by atoms with Crippen molar-refractivity contribution in [1.29, 1.82) is 0 Å². The lowest BCUT2D eigenvalue weighted by atomic mass is 10.2. The van der Waals surface area contributed by atoms with E-state index in [-0.39, 0.29) is 30.8 Å². The van der Waals surface area contributed by atoms with Crippen molar-refractivity contribution in [3.05, 3.63) is 53.9 Å². The Kier molecular flexibility index (Phi) is 6.43. The standard InChI is InChI=1S/C16H8BrCl6N3O/c1-5-2-3-6(18)7(4-5)24-15-8(17)16(27)26(25-15)14-12(22)10(20)9(19)11(21)13(14)23/h2-4,8H,1H3,(H,24,25). The first-order chi connectivity index (χ1) is 12.6. The second-order valence-corrected chi connectivity index (χ2v) is 8.73. The molecule has 2 aromatic rings. The van der Waals surface area contributed by atoms with Gasteiger partial charge in [0, 0.05) is 0 Å². The number of hydrogen-bond donors (Lipinski definition) is 1. The van der Waals surface area contributed by atoms with E-state index in [1.165, 1.54) is 0 Å². The second kappa shape index (κ2) is 8.15. The number of alkyl halides is 1. The van der Waals surface area contributed by atoms with E-state index in [4.69, 9.17) is 69.6 Å². The molecular formula is C16H8BrCl6N3O. The maximum atomic E-state index is 12.7. The van der Waals surface area contributed by atoms with Crippen LogP contribution in [0.15, 0.2) is 23.2 Å². The fourth-order valence-electron chi connectivity index (χ4n) is 2.33. The minimum Gasteiger partial charge on any atom is -0.276 e. The molecule has 1 amide bonds. The summed E-state index contributed by atoms with van der Waals surface area (Å²) in [5.41, 5.74) is 4.40. The van der Waals surface area contributed by atoms with Gasteiger partial charge in [0.1, 0.15) is 11.5 Å². The largest absolute Gasteiger partial charge is 0.276 e. The summed E-state index contributed by atoms with van der Waals surface area (Å²) in [5.74, 6) is -0.127. The molecule has 0 radical (unpaired) electrons. The van der Waals surface area contributed by atoms with Gasteiger partial charge in [-0.2, -0.15) is 0 Å². The minimum absolute atomic E-state index is 0.000412. The van der Waals surface area contributed by atoms with Crippen molar-refractivity contribution in [2.75, 3.05) is 5.01 Å². The van der Waals surface area contributed by atoms with E-state index >= 15 is 0 Å². The zero-order chi connectivity index (χ0) is 20.0. The summed E-state index contributed by atoms with van der Waals surface area (Å²) >= 11 is 40.2. The topological polar surface area (TPSA) is 44.7 Å². The van der Waals surface area contributed by atoms with Gasteiger partial charge in [0.05, 0.1) is 35.8 Å². The Morgan fingerprint density at radius 3 is 2.15 bits per heavy atom. The molecule has 27 heavy (non-hydrogen) atoms. The van der Waals surface area contributed by atoms with Crippen LogP contribution in [0.4, 0.5) is 11.4 Å². The van der Waals surface area contributed by atoms with E-state index in [0.29, 0.717) is 16.5 Å². The van der Waals surface area contributed by atoms with Gasteiger partial charge in [0.25, 0.3) is 5.91 Å². The van der Waals surface area contributed by atoms with Gasteiger partial charge in [-0.1, -0.05) is 91.6 Å². The third-order valence-electron chi connectivity index (χ3n) is 3.66. The number of carbonyl (C=O) groups is 1. The summed E-state index contributed by atoms with van der Waals surface area (Å²) in [6.45, 7) is 1.91. The number of amidine groups is 1. The van der Waals surface area contributed by atoms with Crippen LogP contribution < -0.4 is 10.4 Å². The van der Waals surface area contributed by atoms with Gasteiger partial charge in [-0.05, 0) is 24.6 Å². The van der Waals surface area contributed by atoms with Crippen LogP contribution in [0.25, 0.3) is 0 Å². The number of hydrogen-bond acceptors (Lipinski definition) is 2. The van der Waals surface area contributed by atoms with Crippen molar-refractivity contribution in [3.63, 3.8) is 0 Å². The Morgan fingerprint density at radius 2 is 1.56 bits per heavy atom. The van der Waals surface area contributed by atoms with Gasteiger partial charge in [0.2, 0.25) is 0 Å². The summed E-state index contributed by atoms with van der Waals surface area (Å²) < 4.78 is 0.